The molecule has 0 unspecified atom stereocenters. The molecule has 0 saturated carbocycles. The lowest BCUT2D eigenvalue weighted by Gasteiger charge is -2.26. The van der Waals surface area contributed by atoms with E-state index < -0.39 is 8.80 Å². The van der Waals surface area contributed by atoms with Gasteiger partial charge in [-0.3, -0.25) is 0 Å². The first kappa shape index (κ1) is 15.1. The van der Waals surface area contributed by atoms with E-state index in [1.807, 2.05) is 0 Å². The van der Waals surface area contributed by atoms with Gasteiger partial charge in [-0.2, -0.15) is 0 Å². The summed E-state index contributed by atoms with van der Waals surface area (Å²) in [6, 6.07) is 0.833. The minimum Gasteiger partial charge on any atom is -0.377 e. The minimum absolute atomic E-state index is 0.710. The molecule has 0 bridgehead atoms. The Bertz CT molecular complexity index is 143. The Balaban J connectivity index is 3.88. The second kappa shape index (κ2) is 9.29. The van der Waals surface area contributed by atoms with Gasteiger partial charge >= 0.3 is 8.80 Å². The van der Waals surface area contributed by atoms with E-state index in [1.54, 1.807) is 14.2 Å². The van der Waals surface area contributed by atoms with Gasteiger partial charge < -0.3 is 18.6 Å². The highest BCUT2D eigenvalue weighted by atomic mass is 28.4. The van der Waals surface area contributed by atoms with E-state index >= 15 is 0 Å². The summed E-state index contributed by atoms with van der Waals surface area (Å²) in [7, 11) is 0.967. The summed E-state index contributed by atoms with van der Waals surface area (Å²) in [5.74, 6) is 0. The van der Waals surface area contributed by atoms with Crippen molar-refractivity contribution in [2.45, 2.75) is 32.7 Å². The lowest BCUT2D eigenvalue weighted by Crippen LogP contribution is -2.46. The van der Waals surface area contributed by atoms with Crippen molar-refractivity contribution in [3.8, 4) is 0 Å². The summed E-state index contributed by atoms with van der Waals surface area (Å²) in [4.78, 5) is 0. The number of rotatable bonds is 10. The largest absolute Gasteiger partial charge is 0.501 e. The van der Waals surface area contributed by atoms with Gasteiger partial charge in [0.05, 0.1) is 0 Å². The molecule has 0 aliphatic rings. The van der Waals surface area contributed by atoms with Crippen molar-refractivity contribution in [2.24, 2.45) is 0 Å². The van der Waals surface area contributed by atoms with Crippen LogP contribution in [-0.4, -0.2) is 42.7 Å². The molecule has 5 heteroatoms. The molecule has 4 nitrogen and oxygen atoms in total. The van der Waals surface area contributed by atoms with Crippen LogP contribution in [0.4, 0.5) is 0 Å². The third kappa shape index (κ3) is 6.27. The van der Waals surface area contributed by atoms with Gasteiger partial charge in [0, 0.05) is 26.9 Å². The van der Waals surface area contributed by atoms with Crippen molar-refractivity contribution in [2.75, 3.05) is 33.9 Å². The average Bonchev–Trinajstić information content (AvgIpc) is 2.29. The van der Waals surface area contributed by atoms with Crippen molar-refractivity contribution in [3.05, 3.63) is 0 Å². The first-order valence-electron chi connectivity index (χ1n) is 5.69. The van der Waals surface area contributed by atoms with Crippen LogP contribution in [0.1, 0.15) is 26.7 Å². The number of hydrogen-bond acceptors (Lipinski definition) is 4. The predicted octanol–water partition coefficient (Wildman–Crippen LogP) is 1.64. The summed E-state index contributed by atoms with van der Waals surface area (Å²) in [6.45, 7) is 6.87. The molecule has 0 saturated heterocycles. The van der Waals surface area contributed by atoms with Crippen LogP contribution < -0.4 is 5.32 Å². The first-order valence-corrected chi connectivity index (χ1v) is 7.62. The van der Waals surface area contributed by atoms with Crippen molar-refractivity contribution in [3.63, 3.8) is 0 Å². The zero-order valence-electron chi connectivity index (χ0n) is 10.5. The molecule has 0 aliphatic heterocycles. The minimum atomic E-state index is -2.38. The van der Waals surface area contributed by atoms with Crippen molar-refractivity contribution in [1.29, 1.82) is 0 Å². The molecule has 0 aliphatic carbocycles. The Hall–Kier alpha value is 0.0569. The fourth-order valence-electron chi connectivity index (χ4n) is 1.28. The lowest BCUT2D eigenvalue weighted by molar-refractivity contribution is 0.0984. The van der Waals surface area contributed by atoms with Crippen molar-refractivity contribution < 1.29 is 13.3 Å². The third-order valence-corrected chi connectivity index (χ3v) is 4.93. The summed E-state index contributed by atoms with van der Waals surface area (Å²) in [5.41, 5.74) is 0. The van der Waals surface area contributed by atoms with Crippen LogP contribution in [0, 0.1) is 0 Å². The second-order valence-electron chi connectivity index (χ2n) is 3.44. The van der Waals surface area contributed by atoms with Gasteiger partial charge in [-0.15, -0.1) is 0 Å². The topological polar surface area (TPSA) is 39.7 Å². The third-order valence-electron chi connectivity index (χ3n) is 2.18. The normalized spacial score (nSPS) is 12.0. The van der Waals surface area contributed by atoms with Gasteiger partial charge in [0.2, 0.25) is 0 Å². The van der Waals surface area contributed by atoms with Gasteiger partial charge in [0.25, 0.3) is 0 Å². The van der Waals surface area contributed by atoms with Crippen molar-refractivity contribution >= 4 is 8.80 Å². The molecular weight excluding hydrogens is 210 g/mol. The quantitative estimate of drug-likeness (QED) is 0.462. The molecule has 0 radical (unpaired) electrons. The molecule has 0 heterocycles. The molecule has 0 rings (SSSR count). The van der Waals surface area contributed by atoms with Crippen LogP contribution in [-0.2, 0) is 13.3 Å². The average molecular weight is 235 g/mol. The van der Waals surface area contributed by atoms with Gasteiger partial charge in [0.1, 0.15) is 0 Å². The zero-order chi connectivity index (χ0) is 11.6. The molecule has 0 fully saturated rings. The Morgan fingerprint density at radius 1 is 1.00 bits per heavy atom. The maximum Gasteiger partial charge on any atom is 0.501 e. The van der Waals surface area contributed by atoms with Crippen LogP contribution in [0.15, 0.2) is 0 Å². The lowest BCUT2D eigenvalue weighted by atomic mass is 10.5. The van der Waals surface area contributed by atoms with Crippen LogP contribution in [0.25, 0.3) is 0 Å². The van der Waals surface area contributed by atoms with Crippen LogP contribution in [0.5, 0.6) is 0 Å². The Morgan fingerprint density at radius 2 is 1.67 bits per heavy atom. The Labute approximate surface area is 94.7 Å². The summed E-state index contributed by atoms with van der Waals surface area (Å²) in [5, 5.41) is 3.33. The van der Waals surface area contributed by atoms with E-state index in [1.165, 1.54) is 0 Å². The molecule has 0 aromatic rings. The molecule has 0 atom stereocenters. The van der Waals surface area contributed by atoms with Crippen molar-refractivity contribution in [1.82, 2.24) is 5.32 Å². The van der Waals surface area contributed by atoms with Crippen LogP contribution in [0.2, 0.25) is 6.04 Å². The Morgan fingerprint density at radius 3 is 2.13 bits per heavy atom. The summed E-state index contributed by atoms with van der Waals surface area (Å²) < 4.78 is 16.6. The standard InChI is InChI=1S/C10H25NO3Si/c1-5-7-11-8-10-15(12-3,13-4)14-9-6-2/h11H,5-10H2,1-4H3. The molecule has 92 valence electrons. The predicted molar refractivity (Wildman–Crippen MR) is 64.0 cm³/mol. The van der Waals surface area contributed by atoms with E-state index in [9.17, 15) is 0 Å². The summed E-state index contributed by atoms with van der Waals surface area (Å²) >= 11 is 0. The fourth-order valence-corrected chi connectivity index (χ4v) is 3.23. The van der Waals surface area contributed by atoms with E-state index in [2.05, 4.69) is 19.2 Å². The smallest absolute Gasteiger partial charge is 0.377 e. The highest BCUT2D eigenvalue weighted by molar-refractivity contribution is 6.60. The maximum absolute atomic E-state index is 5.71. The van der Waals surface area contributed by atoms with Gasteiger partial charge in [-0.25, -0.2) is 0 Å². The molecule has 0 aromatic heterocycles. The first-order chi connectivity index (χ1) is 7.24. The van der Waals surface area contributed by atoms with E-state index in [0.717, 1.165) is 32.0 Å². The highest BCUT2D eigenvalue weighted by Gasteiger charge is 2.37. The highest BCUT2D eigenvalue weighted by Crippen LogP contribution is 2.13. The van der Waals surface area contributed by atoms with E-state index in [0.29, 0.717) is 6.61 Å². The second-order valence-corrected chi connectivity index (χ2v) is 6.41. The molecular formula is C10H25NO3Si. The summed E-state index contributed by atoms with van der Waals surface area (Å²) in [6.07, 6.45) is 2.13. The van der Waals surface area contributed by atoms with E-state index in [-0.39, 0.29) is 0 Å². The SMILES string of the molecule is CCCNCC[Si](OC)(OC)OCCC. The fraction of sp³-hybridized carbons (Fsp3) is 1.00. The zero-order valence-corrected chi connectivity index (χ0v) is 11.5. The number of hydrogen-bond donors (Lipinski definition) is 1. The Kier molecular flexibility index (Phi) is 9.33. The van der Waals surface area contributed by atoms with Gasteiger partial charge in [-0.05, 0) is 25.9 Å². The maximum atomic E-state index is 5.71. The van der Waals surface area contributed by atoms with Gasteiger partial charge in [0.15, 0.2) is 0 Å². The van der Waals surface area contributed by atoms with E-state index in [4.69, 9.17) is 13.3 Å². The van der Waals surface area contributed by atoms with Gasteiger partial charge in [-0.1, -0.05) is 13.8 Å². The monoisotopic (exact) mass is 235 g/mol. The molecule has 1 N–H and O–H groups in total. The van der Waals surface area contributed by atoms with Crippen LogP contribution >= 0.6 is 0 Å². The molecule has 0 aromatic carbocycles. The number of nitrogens with one attached hydrogen (secondary N) is 1. The molecule has 15 heavy (non-hydrogen) atoms. The van der Waals surface area contributed by atoms with Crippen LogP contribution in [0.3, 0.4) is 0 Å². The molecule has 0 amide bonds. The molecule has 0 spiro atoms.